The summed E-state index contributed by atoms with van der Waals surface area (Å²) in [5.74, 6) is -1.64. The van der Waals surface area contributed by atoms with Gasteiger partial charge in [0.15, 0.2) is 11.6 Å². The van der Waals surface area contributed by atoms with E-state index in [1.54, 1.807) is 23.1 Å². The number of rotatable bonds is 6. The number of aromatic nitrogens is 2. The molecule has 3 rings (SSSR count). The molecule has 1 amide bonds. The van der Waals surface area contributed by atoms with Crippen molar-refractivity contribution in [3.63, 3.8) is 0 Å². The number of amides is 1. The number of carbonyl (C=O) groups excluding carboxylic acids is 1. The van der Waals surface area contributed by atoms with Gasteiger partial charge >= 0.3 is 0 Å². The molecule has 2 aromatic rings. The lowest BCUT2D eigenvalue weighted by atomic mass is 10.0. The standard InChI is InChI=1S/C19H24F2N4O/c1-2-18(25-9-3-8-22-25)19(26)23-15-6-10-24(11-7-15)13-14-4-5-16(20)17(21)12-14/h3-5,8-9,12,15,18H,2,6-7,10-11,13H2,1H3,(H,23,26)/t18-/m1/s1. The minimum atomic E-state index is -0.821. The molecule has 1 aromatic heterocycles. The molecule has 0 spiro atoms. The van der Waals surface area contributed by atoms with Gasteiger partial charge in [-0.3, -0.25) is 14.4 Å². The van der Waals surface area contributed by atoms with Crippen molar-refractivity contribution in [2.75, 3.05) is 13.1 Å². The van der Waals surface area contributed by atoms with Crippen LogP contribution in [0.15, 0.2) is 36.7 Å². The Morgan fingerprint density at radius 1 is 1.31 bits per heavy atom. The normalized spacial score (nSPS) is 17.2. The van der Waals surface area contributed by atoms with Gasteiger partial charge in [0.25, 0.3) is 0 Å². The number of likely N-dealkylation sites (tertiary alicyclic amines) is 1. The minimum Gasteiger partial charge on any atom is -0.351 e. The Morgan fingerprint density at radius 3 is 2.69 bits per heavy atom. The second kappa shape index (κ2) is 8.40. The Labute approximate surface area is 152 Å². The average molecular weight is 362 g/mol. The van der Waals surface area contributed by atoms with Crippen molar-refractivity contribution in [1.82, 2.24) is 20.0 Å². The highest BCUT2D eigenvalue weighted by Gasteiger charge is 2.25. The first-order chi connectivity index (χ1) is 12.6. The van der Waals surface area contributed by atoms with Crippen LogP contribution < -0.4 is 5.32 Å². The number of benzene rings is 1. The molecule has 5 nitrogen and oxygen atoms in total. The van der Waals surface area contributed by atoms with E-state index in [0.717, 1.165) is 37.6 Å². The highest BCUT2D eigenvalue weighted by atomic mass is 19.2. The number of piperidine rings is 1. The van der Waals surface area contributed by atoms with E-state index in [2.05, 4.69) is 15.3 Å². The van der Waals surface area contributed by atoms with E-state index >= 15 is 0 Å². The fraction of sp³-hybridized carbons (Fsp3) is 0.474. The quantitative estimate of drug-likeness (QED) is 0.860. The molecule has 140 valence electrons. The molecule has 26 heavy (non-hydrogen) atoms. The average Bonchev–Trinajstić information content (AvgIpc) is 3.15. The van der Waals surface area contributed by atoms with Crippen molar-refractivity contribution in [2.24, 2.45) is 0 Å². The Hall–Kier alpha value is -2.28. The summed E-state index contributed by atoms with van der Waals surface area (Å²) in [6, 6.07) is 5.69. The van der Waals surface area contributed by atoms with Gasteiger partial charge in [-0.2, -0.15) is 5.10 Å². The van der Waals surface area contributed by atoms with Gasteiger partial charge in [0, 0.05) is 38.1 Å². The van der Waals surface area contributed by atoms with Crippen LogP contribution >= 0.6 is 0 Å². The van der Waals surface area contributed by atoms with Gasteiger partial charge in [-0.05, 0) is 43.0 Å². The summed E-state index contributed by atoms with van der Waals surface area (Å²) >= 11 is 0. The molecule has 2 heterocycles. The number of nitrogens with zero attached hydrogens (tertiary/aromatic N) is 3. The zero-order valence-corrected chi connectivity index (χ0v) is 14.9. The van der Waals surface area contributed by atoms with E-state index in [0.29, 0.717) is 13.0 Å². The fourth-order valence-corrected chi connectivity index (χ4v) is 3.39. The Morgan fingerprint density at radius 2 is 2.08 bits per heavy atom. The van der Waals surface area contributed by atoms with Crippen molar-refractivity contribution < 1.29 is 13.6 Å². The molecule has 1 fully saturated rings. The molecule has 1 aliphatic heterocycles. The molecule has 7 heteroatoms. The molecule has 1 saturated heterocycles. The van der Waals surface area contributed by atoms with E-state index in [-0.39, 0.29) is 18.0 Å². The highest BCUT2D eigenvalue weighted by Crippen LogP contribution is 2.17. The third-order valence-electron chi connectivity index (χ3n) is 4.86. The molecule has 0 saturated carbocycles. The van der Waals surface area contributed by atoms with Crippen molar-refractivity contribution >= 4 is 5.91 Å². The van der Waals surface area contributed by atoms with Gasteiger partial charge in [0.05, 0.1) is 0 Å². The molecule has 0 aliphatic carbocycles. The van der Waals surface area contributed by atoms with Gasteiger partial charge in [0.2, 0.25) is 5.91 Å². The maximum absolute atomic E-state index is 13.3. The van der Waals surface area contributed by atoms with Gasteiger partial charge in [0.1, 0.15) is 6.04 Å². The highest BCUT2D eigenvalue weighted by molar-refractivity contribution is 5.80. The monoisotopic (exact) mass is 362 g/mol. The third-order valence-corrected chi connectivity index (χ3v) is 4.86. The summed E-state index contributed by atoms with van der Waals surface area (Å²) in [5.41, 5.74) is 0.760. The van der Waals surface area contributed by atoms with Crippen LogP contribution in [0.5, 0.6) is 0 Å². The van der Waals surface area contributed by atoms with Crippen LogP contribution in [0.1, 0.15) is 37.8 Å². The summed E-state index contributed by atoms with van der Waals surface area (Å²) in [7, 11) is 0. The fourth-order valence-electron chi connectivity index (χ4n) is 3.39. The zero-order valence-electron chi connectivity index (χ0n) is 14.9. The Bertz CT molecular complexity index is 727. The second-order valence-electron chi connectivity index (χ2n) is 6.72. The number of hydrogen-bond donors (Lipinski definition) is 1. The first-order valence-corrected chi connectivity index (χ1v) is 9.02. The zero-order chi connectivity index (χ0) is 18.5. The Kier molecular flexibility index (Phi) is 5.98. The SMILES string of the molecule is CC[C@H](C(=O)NC1CCN(Cc2ccc(F)c(F)c2)CC1)n1cccn1. The molecule has 1 atom stereocenters. The molecule has 1 aromatic carbocycles. The van der Waals surface area contributed by atoms with Gasteiger partial charge in [-0.25, -0.2) is 8.78 Å². The van der Waals surface area contributed by atoms with Crippen molar-refractivity contribution in [3.8, 4) is 0 Å². The second-order valence-corrected chi connectivity index (χ2v) is 6.72. The van der Waals surface area contributed by atoms with Crippen LogP contribution in [0.4, 0.5) is 8.78 Å². The summed E-state index contributed by atoms with van der Waals surface area (Å²) in [4.78, 5) is 14.7. The summed E-state index contributed by atoms with van der Waals surface area (Å²) in [5, 5.41) is 7.29. The largest absolute Gasteiger partial charge is 0.351 e. The lowest BCUT2D eigenvalue weighted by molar-refractivity contribution is -0.125. The molecule has 0 bridgehead atoms. The predicted octanol–water partition coefficient (Wildman–Crippen LogP) is 2.89. The van der Waals surface area contributed by atoms with E-state index in [9.17, 15) is 13.6 Å². The van der Waals surface area contributed by atoms with E-state index in [1.807, 2.05) is 13.0 Å². The van der Waals surface area contributed by atoms with E-state index in [1.165, 1.54) is 6.07 Å². The molecular formula is C19H24F2N4O. The number of hydrogen-bond acceptors (Lipinski definition) is 3. The topological polar surface area (TPSA) is 50.2 Å². The van der Waals surface area contributed by atoms with Crippen LogP contribution in [0.25, 0.3) is 0 Å². The van der Waals surface area contributed by atoms with Crippen LogP contribution in [-0.2, 0) is 11.3 Å². The van der Waals surface area contributed by atoms with Crippen molar-refractivity contribution in [3.05, 3.63) is 53.9 Å². The molecule has 0 radical (unpaired) electrons. The molecule has 1 aliphatic rings. The predicted molar refractivity (Wildman–Crippen MR) is 94.4 cm³/mol. The maximum atomic E-state index is 13.3. The molecule has 1 N–H and O–H groups in total. The first kappa shape index (κ1) is 18.5. The van der Waals surface area contributed by atoms with Crippen LogP contribution in [0.3, 0.4) is 0 Å². The number of halogens is 2. The van der Waals surface area contributed by atoms with Crippen molar-refractivity contribution in [1.29, 1.82) is 0 Å². The summed E-state index contributed by atoms with van der Waals surface area (Å²) in [6.45, 7) is 4.17. The van der Waals surface area contributed by atoms with Gasteiger partial charge < -0.3 is 5.32 Å². The molecular weight excluding hydrogens is 338 g/mol. The van der Waals surface area contributed by atoms with E-state index < -0.39 is 11.6 Å². The maximum Gasteiger partial charge on any atom is 0.245 e. The minimum absolute atomic E-state index is 0.00439. The smallest absolute Gasteiger partial charge is 0.245 e. The van der Waals surface area contributed by atoms with E-state index in [4.69, 9.17) is 0 Å². The third kappa shape index (κ3) is 4.46. The van der Waals surface area contributed by atoms with Crippen molar-refractivity contribution in [2.45, 2.75) is 44.8 Å². The number of nitrogens with one attached hydrogen (secondary N) is 1. The number of carbonyl (C=O) groups is 1. The van der Waals surface area contributed by atoms with Crippen LogP contribution in [0, 0.1) is 11.6 Å². The van der Waals surface area contributed by atoms with Gasteiger partial charge in [-0.15, -0.1) is 0 Å². The van der Waals surface area contributed by atoms with Crippen LogP contribution in [0.2, 0.25) is 0 Å². The lowest BCUT2D eigenvalue weighted by Crippen LogP contribution is -2.46. The first-order valence-electron chi connectivity index (χ1n) is 9.02. The lowest BCUT2D eigenvalue weighted by Gasteiger charge is -2.33. The molecule has 0 unspecified atom stereocenters. The van der Waals surface area contributed by atoms with Crippen LogP contribution in [-0.4, -0.2) is 39.7 Å². The van der Waals surface area contributed by atoms with Gasteiger partial charge in [-0.1, -0.05) is 13.0 Å². The summed E-state index contributed by atoms with van der Waals surface area (Å²) < 4.78 is 28.0. The Balaban J connectivity index is 1.49. The summed E-state index contributed by atoms with van der Waals surface area (Å²) in [6.07, 6.45) is 5.84.